The van der Waals surface area contributed by atoms with Gasteiger partial charge in [-0.25, -0.2) is 4.98 Å². The number of nitrogens with zero attached hydrogens (tertiary/aromatic N) is 3. The number of rotatable bonds is 5. The van der Waals surface area contributed by atoms with Crippen molar-refractivity contribution in [3.8, 4) is 0 Å². The summed E-state index contributed by atoms with van der Waals surface area (Å²) in [5.41, 5.74) is 7.14. The molecule has 1 aliphatic rings. The number of imidazole rings is 1. The van der Waals surface area contributed by atoms with Crippen molar-refractivity contribution in [2.24, 2.45) is 18.7 Å². The van der Waals surface area contributed by atoms with Crippen molar-refractivity contribution in [1.29, 1.82) is 0 Å². The molecule has 2 N–H and O–H groups in total. The standard InChI is InChI=1S/C13H24N4/c1-16(9-11-5-3-4-6-11)12(7-14)13-8-15-10-17(13)2/h8,10-12H,3-7,9,14H2,1-2H3. The highest BCUT2D eigenvalue weighted by Gasteiger charge is 2.23. The van der Waals surface area contributed by atoms with Gasteiger partial charge in [-0.2, -0.15) is 0 Å². The predicted octanol–water partition coefficient (Wildman–Crippen LogP) is 1.54. The Labute approximate surface area is 104 Å². The van der Waals surface area contributed by atoms with Gasteiger partial charge in [-0.15, -0.1) is 0 Å². The molecule has 1 fully saturated rings. The first-order valence-electron chi connectivity index (χ1n) is 6.59. The van der Waals surface area contributed by atoms with Gasteiger partial charge in [-0.05, 0) is 25.8 Å². The molecular formula is C13H24N4. The lowest BCUT2D eigenvalue weighted by molar-refractivity contribution is 0.206. The van der Waals surface area contributed by atoms with Crippen molar-refractivity contribution in [3.63, 3.8) is 0 Å². The minimum atomic E-state index is 0.295. The van der Waals surface area contributed by atoms with E-state index in [-0.39, 0.29) is 0 Å². The van der Waals surface area contributed by atoms with Crippen molar-refractivity contribution >= 4 is 0 Å². The average Bonchev–Trinajstić information content (AvgIpc) is 2.92. The van der Waals surface area contributed by atoms with E-state index in [2.05, 4.69) is 21.5 Å². The zero-order valence-electron chi connectivity index (χ0n) is 11.0. The summed E-state index contributed by atoms with van der Waals surface area (Å²) >= 11 is 0. The first kappa shape index (κ1) is 12.6. The lowest BCUT2D eigenvalue weighted by atomic mass is 10.1. The zero-order chi connectivity index (χ0) is 12.3. The second kappa shape index (κ2) is 5.65. The second-order valence-corrected chi connectivity index (χ2v) is 5.27. The molecule has 1 atom stereocenters. The van der Waals surface area contributed by atoms with Crippen LogP contribution in [0.2, 0.25) is 0 Å². The van der Waals surface area contributed by atoms with Gasteiger partial charge in [0.05, 0.1) is 18.1 Å². The lowest BCUT2D eigenvalue weighted by Crippen LogP contribution is -2.34. The molecule has 1 saturated carbocycles. The summed E-state index contributed by atoms with van der Waals surface area (Å²) < 4.78 is 2.07. The van der Waals surface area contributed by atoms with E-state index in [0.717, 1.165) is 12.5 Å². The quantitative estimate of drug-likeness (QED) is 0.843. The molecule has 1 aromatic heterocycles. The summed E-state index contributed by atoms with van der Waals surface area (Å²) in [5, 5.41) is 0. The SMILES string of the molecule is CN(CC1CCCC1)C(CN)c1cncn1C. The fourth-order valence-electron chi connectivity index (χ4n) is 2.94. The Kier molecular flexibility index (Phi) is 4.18. The molecular weight excluding hydrogens is 212 g/mol. The van der Waals surface area contributed by atoms with E-state index in [1.807, 2.05) is 19.6 Å². The van der Waals surface area contributed by atoms with Crippen molar-refractivity contribution in [1.82, 2.24) is 14.5 Å². The Morgan fingerprint density at radius 3 is 2.76 bits per heavy atom. The zero-order valence-corrected chi connectivity index (χ0v) is 11.0. The molecule has 96 valence electrons. The lowest BCUT2D eigenvalue weighted by Gasteiger charge is -2.29. The van der Waals surface area contributed by atoms with Gasteiger partial charge in [-0.1, -0.05) is 12.8 Å². The van der Waals surface area contributed by atoms with Crippen LogP contribution in [0.4, 0.5) is 0 Å². The number of hydrogen-bond acceptors (Lipinski definition) is 3. The molecule has 1 aliphatic carbocycles. The van der Waals surface area contributed by atoms with Crippen molar-refractivity contribution < 1.29 is 0 Å². The smallest absolute Gasteiger partial charge is 0.0946 e. The Balaban J connectivity index is 1.99. The normalized spacial score (nSPS) is 19.1. The van der Waals surface area contributed by atoms with Gasteiger partial charge in [-0.3, -0.25) is 4.90 Å². The Morgan fingerprint density at radius 1 is 1.53 bits per heavy atom. The number of aryl methyl sites for hydroxylation is 1. The molecule has 1 aromatic rings. The van der Waals surface area contributed by atoms with Gasteiger partial charge in [0.1, 0.15) is 0 Å². The third kappa shape index (κ3) is 2.87. The number of hydrogen-bond donors (Lipinski definition) is 1. The van der Waals surface area contributed by atoms with Crippen LogP contribution in [0.1, 0.15) is 37.4 Å². The van der Waals surface area contributed by atoms with Gasteiger partial charge in [0.15, 0.2) is 0 Å². The fraction of sp³-hybridized carbons (Fsp3) is 0.769. The van der Waals surface area contributed by atoms with Crippen LogP contribution in [-0.4, -0.2) is 34.6 Å². The van der Waals surface area contributed by atoms with Crippen molar-refractivity contribution in [3.05, 3.63) is 18.2 Å². The van der Waals surface area contributed by atoms with Crippen LogP contribution in [0, 0.1) is 5.92 Å². The second-order valence-electron chi connectivity index (χ2n) is 5.27. The number of nitrogens with two attached hydrogens (primary N) is 1. The third-order valence-corrected chi connectivity index (χ3v) is 3.97. The molecule has 4 heteroatoms. The maximum Gasteiger partial charge on any atom is 0.0946 e. The van der Waals surface area contributed by atoms with E-state index in [0.29, 0.717) is 12.6 Å². The van der Waals surface area contributed by atoms with Crippen LogP contribution in [0.5, 0.6) is 0 Å². The molecule has 0 saturated heterocycles. The average molecular weight is 236 g/mol. The van der Waals surface area contributed by atoms with E-state index < -0.39 is 0 Å². The van der Waals surface area contributed by atoms with Crippen LogP contribution in [0.15, 0.2) is 12.5 Å². The van der Waals surface area contributed by atoms with Gasteiger partial charge in [0, 0.05) is 26.3 Å². The molecule has 17 heavy (non-hydrogen) atoms. The Hall–Kier alpha value is -0.870. The maximum atomic E-state index is 5.93. The van der Waals surface area contributed by atoms with E-state index >= 15 is 0 Å². The Morgan fingerprint density at radius 2 is 2.24 bits per heavy atom. The van der Waals surface area contributed by atoms with E-state index in [1.165, 1.54) is 31.4 Å². The highest BCUT2D eigenvalue weighted by molar-refractivity contribution is 5.05. The van der Waals surface area contributed by atoms with Gasteiger partial charge in [0.25, 0.3) is 0 Å². The third-order valence-electron chi connectivity index (χ3n) is 3.97. The number of aromatic nitrogens is 2. The molecule has 1 heterocycles. The first-order chi connectivity index (χ1) is 8.22. The van der Waals surface area contributed by atoms with Gasteiger partial charge < -0.3 is 10.3 Å². The van der Waals surface area contributed by atoms with Gasteiger partial charge >= 0.3 is 0 Å². The predicted molar refractivity (Wildman–Crippen MR) is 69.6 cm³/mol. The van der Waals surface area contributed by atoms with Crippen LogP contribution < -0.4 is 5.73 Å². The highest BCUT2D eigenvalue weighted by atomic mass is 15.2. The van der Waals surface area contributed by atoms with Crippen LogP contribution in [0.3, 0.4) is 0 Å². The molecule has 0 radical (unpaired) electrons. The van der Waals surface area contributed by atoms with Gasteiger partial charge in [0.2, 0.25) is 0 Å². The molecule has 0 spiro atoms. The topological polar surface area (TPSA) is 47.1 Å². The molecule has 0 bridgehead atoms. The summed E-state index contributed by atoms with van der Waals surface area (Å²) in [6.07, 6.45) is 9.35. The molecule has 4 nitrogen and oxygen atoms in total. The molecule has 0 aromatic carbocycles. The molecule has 2 rings (SSSR count). The monoisotopic (exact) mass is 236 g/mol. The maximum absolute atomic E-state index is 5.93. The summed E-state index contributed by atoms with van der Waals surface area (Å²) in [6, 6.07) is 0.295. The molecule has 1 unspecified atom stereocenters. The van der Waals surface area contributed by atoms with Crippen LogP contribution in [0.25, 0.3) is 0 Å². The minimum Gasteiger partial charge on any atom is -0.336 e. The molecule has 0 amide bonds. The Bertz CT molecular complexity index is 341. The highest BCUT2D eigenvalue weighted by Crippen LogP contribution is 2.27. The van der Waals surface area contributed by atoms with E-state index in [9.17, 15) is 0 Å². The van der Waals surface area contributed by atoms with Crippen LogP contribution in [-0.2, 0) is 7.05 Å². The minimum absolute atomic E-state index is 0.295. The number of likely N-dealkylation sites (N-methyl/N-ethyl adjacent to an activating group) is 1. The summed E-state index contributed by atoms with van der Waals surface area (Å²) in [4.78, 5) is 6.58. The fourth-order valence-corrected chi connectivity index (χ4v) is 2.94. The van der Waals surface area contributed by atoms with Crippen molar-refractivity contribution in [2.45, 2.75) is 31.7 Å². The largest absolute Gasteiger partial charge is 0.336 e. The van der Waals surface area contributed by atoms with E-state index in [1.54, 1.807) is 0 Å². The van der Waals surface area contributed by atoms with Crippen LogP contribution >= 0.6 is 0 Å². The summed E-state index contributed by atoms with van der Waals surface area (Å²) in [6.45, 7) is 1.82. The summed E-state index contributed by atoms with van der Waals surface area (Å²) in [7, 11) is 4.22. The van der Waals surface area contributed by atoms with E-state index in [4.69, 9.17) is 5.73 Å². The van der Waals surface area contributed by atoms with Crippen molar-refractivity contribution in [2.75, 3.05) is 20.1 Å². The first-order valence-corrected chi connectivity index (χ1v) is 6.59. The molecule has 0 aliphatic heterocycles. The summed E-state index contributed by atoms with van der Waals surface area (Å²) in [5.74, 6) is 0.863.